The number of aromatic nitrogens is 6. The summed E-state index contributed by atoms with van der Waals surface area (Å²) in [6.07, 6.45) is 2.32. The van der Waals surface area contributed by atoms with Crippen LogP contribution in [0.15, 0.2) is 18.7 Å². The van der Waals surface area contributed by atoms with E-state index >= 15 is 0 Å². The van der Waals surface area contributed by atoms with Crippen molar-refractivity contribution in [3.63, 3.8) is 0 Å². The summed E-state index contributed by atoms with van der Waals surface area (Å²) in [5, 5.41) is 16.4. The van der Waals surface area contributed by atoms with E-state index in [1.807, 2.05) is 13.8 Å². The highest BCUT2D eigenvalue weighted by atomic mass is 16.8. The van der Waals surface area contributed by atoms with Crippen molar-refractivity contribution in [3.8, 4) is 5.95 Å². The van der Waals surface area contributed by atoms with E-state index in [-0.39, 0.29) is 24.3 Å². The van der Waals surface area contributed by atoms with Crippen molar-refractivity contribution >= 4 is 22.9 Å². The predicted molar refractivity (Wildman–Crippen MR) is 105 cm³/mol. The quantitative estimate of drug-likeness (QED) is 0.485. The highest BCUT2D eigenvalue weighted by Gasteiger charge is 2.56. The van der Waals surface area contributed by atoms with E-state index in [9.17, 15) is 9.90 Å². The fourth-order valence-electron chi connectivity index (χ4n) is 3.94. The Balaban J connectivity index is 1.56. The molecule has 0 radical (unpaired) electrons. The van der Waals surface area contributed by atoms with Crippen LogP contribution in [0.5, 0.6) is 0 Å². The number of carbonyl (C=O) groups excluding carboxylic acids is 1. The number of hydrogen-bond acceptors (Lipinski definition) is 10. The van der Waals surface area contributed by atoms with E-state index in [1.54, 1.807) is 4.57 Å². The highest BCUT2D eigenvalue weighted by Crippen LogP contribution is 2.43. The average Bonchev–Trinajstić information content (AvgIpc) is 3.49. The second kappa shape index (κ2) is 6.95. The molecule has 0 aromatic carbocycles. The van der Waals surface area contributed by atoms with Gasteiger partial charge in [0.15, 0.2) is 23.5 Å². The van der Waals surface area contributed by atoms with Crippen LogP contribution in [0.1, 0.15) is 30.4 Å². The van der Waals surface area contributed by atoms with Gasteiger partial charge in [-0.25, -0.2) is 9.67 Å². The minimum atomic E-state index is -0.814. The molecule has 5 rings (SSSR count). The fraction of sp³-hybridized carbons (Fsp3) is 0.500. The van der Waals surface area contributed by atoms with Gasteiger partial charge in [-0.15, -0.1) is 0 Å². The molecule has 2 aliphatic rings. The maximum absolute atomic E-state index is 11.8. The Morgan fingerprint density at radius 2 is 2.10 bits per heavy atom. The largest absolute Gasteiger partial charge is 0.394 e. The van der Waals surface area contributed by atoms with Crippen LogP contribution in [0.3, 0.4) is 0 Å². The number of amides is 1. The van der Waals surface area contributed by atoms with Crippen molar-refractivity contribution in [2.45, 2.75) is 44.2 Å². The lowest BCUT2D eigenvalue weighted by molar-refractivity contribution is -0.199. The third-order valence-corrected chi connectivity index (χ3v) is 5.29. The van der Waals surface area contributed by atoms with Gasteiger partial charge in [-0.05, 0) is 13.8 Å². The lowest BCUT2D eigenvalue weighted by atomic mass is 10.1. The van der Waals surface area contributed by atoms with Crippen molar-refractivity contribution in [2.75, 3.05) is 19.4 Å². The topological polar surface area (TPSA) is 164 Å². The van der Waals surface area contributed by atoms with Gasteiger partial charge >= 0.3 is 0 Å². The molecular formula is C18H22N8O5. The number of hydrogen-bond donors (Lipinski definition) is 3. The number of aliphatic hydroxyl groups is 1. The van der Waals surface area contributed by atoms with Gasteiger partial charge in [-0.3, -0.25) is 9.36 Å². The number of carbonyl (C=O) groups is 1. The molecule has 3 aromatic heterocycles. The van der Waals surface area contributed by atoms with Gasteiger partial charge in [0.1, 0.15) is 23.8 Å². The van der Waals surface area contributed by atoms with E-state index in [1.165, 1.54) is 30.5 Å². The Labute approximate surface area is 176 Å². The molecule has 2 saturated heterocycles. The smallest absolute Gasteiger partial charge is 0.254 e. The monoisotopic (exact) mass is 430 g/mol. The number of nitrogen functional groups attached to an aromatic ring is 1. The highest BCUT2D eigenvalue weighted by molar-refractivity contribution is 5.93. The van der Waals surface area contributed by atoms with Crippen molar-refractivity contribution in [1.29, 1.82) is 0 Å². The van der Waals surface area contributed by atoms with E-state index in [4.69, 9.17) is 19.9 Å². The number of nitrogens with zero attached hydrogens (tertiary/aromatic N) is 6. The first-order valence-corrected chi connectivity index (χ1v) is 9.70. The summed E-state index contributed by atoms with van der Waals surface area (Å²) in [6, 6.07) is 0. The van der Waals surface area contributed by atoms with Crippen molar-refractivity contribution in [2.24, 2.45) is 0 Å². The molecule has 4 N–H and O–H groups in total. The van der Waals surface area contributed by atoms with E-state index in [0.29, 0.717) is 16.7 Å². The zero-order valence-electron chi connectivity index (χ0n) is 17.1. The van der Waals surface area contributed by atoms with Crippen molar-refractivity contribution < 1.29 is 24.1 Å². The summed E-state index contributed by atoms with van der Waals surface area (Å²) >= 11 is 0. The minimum absolute atomic E-state index is 0.146. The molecular weight excluding hydrogens is 408 g/mol. The first-order chi connectivity index (χ1) is 14.8. The van der Waals surface area contributed by atoms with Gasteiger partial charge < -0.3 is 30.4 Å². The molecule has 0 unspecified atom stereocenters. The number of aliphatic hydroxyl groups excluding tert-OH is 1. The minimum Gasteiger partial charge on any atom is -0.394 e. The summed E-state index contributed by atoms with van der Waals surface area (Å²) in [6.45, 7) is 3.40. The molecule has 5 heterocycles. The Bertz CT molecular complexity index is 1160. The molecule has 2 fully saturated rings. The molecule has 4 atom stereocenters. The Hall–Kier alpha value is -3.13. The molecule has 3 aromatic rings. The molecule has 164 valence electrons. The molecule has 0 saturated carbocycles. The second-order valence-electron chi connectivity index (χ2n) is 7.80. The summed E-state index contributed by atoms with van der Waals surface area (Å²) < 4.78 is 21.0. The zero-order valence-corrected chi connectivity index (χ0v) is 17.1. The molecule has 0 aliphatic carbocycles. The van der Waals surface area contributed by atoms with Crippen molar-refractivity contribution in [3.05, 3.63) is 24.3 Å². The van der Waals surface area contributed by atoms with Crippen LogP contribution in [-0.2, 0) is 14.2 Å². The Kier molecular flexibility index (Phi) is 4.44. The molecule has 1 amide bonds. The summed E-state index contributed by atoms with van der Waals surface area (Å²) in [5.41, 5.74) is 7.25. The van der Waals surface area contributed by atoms with Crippen LogP contribution in [0.25, 0.3) is 17.1 Å². The van der Waals surface area contributed by atoms with Crippen LogP contribution in [-0.4, -0.2) is 78.1 Å². The second-order valence-corrected chi connectivity index (χ2v) is 7.80. The van der Waals surface area contributed by atoms with E-state index in [2.05, 4.69) is 25.4 Å². The summed E-state index contributed by atoms with van der Waals surface area (Å²) in [4.78, 5) is 25.0. The first kappa shape index (κ1) is 19.8. The molecule has 0 bridgehead atoms. The number of ether oxygens (including phenoxy) is 3. The summed E-state index contributed by atoms with van der Waals surface area (Å²) in [7, 11) is 1.53. The van der Waals surface area contributed by atoms with Crippen LogP contribution in [0.4, 0.5) is 5.82 Å². The lowest BCUT2D eigenvalue weighted by Gasteiger charge is -2.24. The standard InChI is InChI=1S/C18H22N8O5/c1-18(2)30-11-9(6-27)29-16(12(11)31-18)25-7-21-10-13(19)23-17(24-14(10)25)26-5-8(4-22-26)15(28)20-3/h4-5,7,9,11-12,16,27H,6H2,1-3H3,(H,20,28)(H2,19,23,24)/t9-,11-,12-,16-/m1/s1. The maximum Gasteiger partial charge on any atom is 0.254 e. The van der Waals surface area contributed by atoms with Crippen LogP contribution in [0.2, 0.25) is 0 Å². The third kappa shape index (κ3) is 3.13. The van der Waals surface area contributed by atoms with Crippen molar-refractivity contribution in [1.82, 2.24) is 34.6 Å². The SMILES string of the molecule is CNC(=O)c1cnn(-c2nc(N)c3ncn([C@@H]4O[C@H](CO)[C@H]5OC(C)(C)O[C@H]54)c3n2)c1. The number of rotatable bonds is 4. The number of fused-ring (bicyclic) bond motifs is 2. The van der Waals surface area contributed by atoms with Gasteiger partial charge in [0, 0.05) is 13.2 Å². The normalized spacial score (nSPS) is 27.0. The van der Waals surface area contributed by atoms with Gasteiger partial charge in [-0.1, -0.05) is 0 Å². The molecule has 31 heavy (non-hydrogen) atoms. The predicted octanol–water partition coefficient (Wildman–Crippen LogP) is -0.636. The molecule has 13 nitrogen and oxygen atoms in total. The molecule has 13 heteroatoms. The van der Waals surface area contributed by atoms with Gasteiger partial charge in [0.05, 0.1) is 24.7 Å². The van der Waals surface area contributed by atoms with Gasteiger partial charge in [0.2, 0.25) is 0 Å². The number of nitrogens with one attached hydrogen (secondary N) is 1. The molecule has 2 aliphatic heterocycles. The zero-order chi connectivity index (χ0) is 21.9. The Morgan fingerprint density at radius 3 is 2.84 bits per heavy atom. The number of anilines is 1. The maximum atomic E-state index is 11.8. The van der Waals surface area contributed by atoms with Gasteiger partial charge in [-0.2, -0.15) is 15.1 Å². The van der Waals surface area contributed by atoms with Gasteiger partial charge in [0.25, 0.3) is 11.9 Å². The number of nitrogens with two attached hydrogens (primary N) is 1. The lowest BCUT2D eigenvalue weighted by Crippen LogP contribution is -2.31. The van der Waals surface area contributed by atoms with Crippen LogP contribution >= 0.6 is 0 Å². The molecule has 0 spiro atoms. The summed E-state index contributed by atoms with van der Waals surface area (Å²) in [5.74, 6) is -0.787. The fourth-order valence-corrected chi connectivity index (χ4v) is 3.94. The Morgan fingerprint density at radius 1 is 1.32 bits per heavy atom. The third-order valence-electron chi connectivity index (χ3n) is 5.29. The van der Waals surface area contributed by atoms with Crippen LogP contribution in [0, 0.1) is 0 Å². The van der Waals surface area contributed by atoms with E-state index in [0.717, 1.165) is 0 Å². The average molecular weight is 430 g/mol. The number of imidazole rings is 1. The van der Waals surface area contributed by atoms with Crippen LogP contribution < -0.4 is 11.1 Å². The first-order valence-electron chi connectivity index (χ1n) is 9.70. The van der Waals surface area contributed by atoms with E-state index < -0.39 is 30.3 Å².